The van der Waals surface area contributed by atoms with Gasteiger partial charge in [-0.2, -0.15) is 4.90 Å². The lowest BCUT2D eigenvalue weighted by molar-refractivity contribution is -0.274. The van der Waals surface area contributed by atoms with Crippen LogP contribution in [-0.2, 0) is 19.2 Å². The maximum atomic E-state index is 14.2. The number of urea groups is 1. The molecule has 2 aromatic rings. The van der Waals surface area contributed by atoms with Crippen LogP contribution in [0.25, 0.3) is 0 Å². The largest absolute Gasteiger partial charge is 0.573 e. The van der Waals surface area contributed by atoms with Gasteiger partial charge in [0.05, 0.1) is 17.5 Å². The maximum absolute atomic E-state index is 14.2. The topological polar surface area (TPSA) is 147 Å². The third kappa shape index (κ3) is 4.03. The Hall–Kier alpha value is -4.17. The van der Waals surface area contributed by atoms with Crippen LogP contribution in [-0.4, -0.2) is 55.8 Å². The van der Waals surface area contributed by atoms with Crippen LogP contribution in [0, 0.1) is 23.6 Å². The molecule has 10 nitrogen and oxygen atoms in total. The van der Waals surface area contributed by atoms with Gasteiger partial charge >= 0.3 is 12.4 Å². The highest BCUT2D eigenvalue weighted by atomic mass is 35.5. The number of halogens is 6. The molecule has 6 atom stereocenters. The van der Waals surface area contributed by atoms with E-state index in [1.165, 1.54) is 6.08 Å². The van der Waals surface area contributed by atoms with E-state index in [4.69, 9.17) is 28.9 Å². The molecule has 2 aliphatic carbocycles. The zero-order valence-corrected chi connectivity index (χ0v) is 23.5. The molecule has 2 heterocycles. The minimum Gasteiger partial charge on any atom is -0.508 e. The number of carbonyl (C=O) groups excluding carboxylic acids is 5. The van der Waals surface area contributed by atoms with Gasteiger partial charge in [-0.25, -0.2) is 14.1 Å². The zero-order chi connectivity index (χ0) is 32.1. The Morgan fingerprint density at radius 3 is 2.27 bits per heavy atom. The number of phenols is 1. The van der Waals surface area contributed by atoms with E-state index in [9.17, 15) is 46.6 Å². The summed E-state index contributed by atoms with van der Waals surface area (Å²) in [5.74, 6) is -11.5. The number of aromatic hydroxyl groups is 1. The first-order valence-electron chi connectivity index (χ1n) is 13.0. The van der Waals surface area contributed by atoms with E-state index in [0.29, 0.717) is 4.90 Å². The van der Waals surface area contributed by atoms with Gasteiger partial charge in [0.2, 0.25) is 11.8 Å². The molecule has 0 spiro atoms. The molecule has 2 aliphatic heterocycles. The molecule has 0 unspecified atom stereocenters. The van der Waals surface area contributed by atoms with E-state index in [0.717, 1.165) is 42.5 Å². The lowest BCUT2D eigenvalue weighted by atomic mass is 9.56. The van der Waals surface area contributed by atoms with Crippen molar-refractivity contribution in [3.05, 3.63) is 65.5 Å². The fourth-order valence-corrected chi connectivity index (χ4v) is 7.85. The molecular weight excluding hydrogens is 637 g/mol. The predicted molar refractivity (Wildman–Crippen MR) is 143 cm³/mol. The standard InChI is InChI=1S/C28H19Cl2F4N3O7/c29-26-10-17-14(6-7-15-19(17)22(40)37(21(15)39)25(35)43)20(16-9-13(5-8-18(16)38)44-28(32,33)34)27(26,30)24(42)36(23(26)41)12-3-1-11(31)2-4-12/h1-6,8-9,15,17,19-20,38H,7,10H2,(H2,35,43)/t15-,17+,19-,20+,26+,27-/m0/s1. The fraction of sp³-hybridized carbons (Fsp3) is 0.321. The van der Waals surface area contributed by atoms with Gasteiger partial charge in [-0.15, -0.1) is 36.4 Å². The number of carbonyl (C=O) groups is 5. The van der Waals surface area contributed by atoms with E-state index in [1.54, 1.807) is 0 Å². The molecule has 1 saturated carbocycles. The molecule has 6 amide bonds. The number of nitrogens with zero attached hydrogens (tertiary/aromatic N) is 2. The summed E-state index contributed by atoms with van der Waals surface area (Å²) >= 11 is 14.2. The molecule has 0 aromatic heterocycles. The summed E-state index contributed by atoms with van der Waals surface area (Å²) < 4.78 is 57.2. The molecule has 0 bridgehead atoms. The summed E-state index contributed by atoms with van der Waals surface area (Å²) in [7, 11) is 0. The number of amides is 6. The summed E-state index contributed by atoms with van der Waals surface area (Å²) in [5.41, 5.74) is 4.87. The number of rotatable bonds is 3. The number of fused-ring (bicyclic) bond motifs is 4. The summed E-state index contributed by atoms with van der Waals surface area (Å²) in [6.45, 7) is 0. The van der Waals surface area contributed by atoms with Gasteiger partial charge in [0.15, 0.2) is 9.75 Å². The van der Waals surface area contributed by atoms with E-state index in [-0.39, 0.29) is 22.6 Å². The molecular formula is C28H19Cl2F4N3O7. The van der Waals surface area contributed by atoms with Crippen LogP contribution in [0.2, 0.25) is 0 Å². The Morgan fingerprint density at radius 1 is 1.00 bits per heavy atom. The summed E-state index contributed by atoms with van der Waals surface area (Å²) in [6, 6.07) is 5.27. The van der Waals surface area contributed by atoms with Crippen LogP contribution in [0.15, 0.2) is 54.1 Å². The van der Waals surface area contributed by atoms with Crippen LogP contribution in [0.5, 0.6) is 11.5 Å². The van der Waals surface area contributed by atoms with E-state index in [2.05, 4.69) is 4.74 Å². The van der Waals surface area contributed by atoms with Crippen molar-refractivity contribution in [3.63, 3.8) is 0 Å². The van der Waals surface area contributed by atoms with E-state index < -0.39 is 98.7 Å². The highest BCUT2D eigenvalue weighted by Gasteiger charge is 2.77. The first kappa shape index (κ1) is 29.9. The van der Waals surface area contributed by atoms with Gasteiger partial charge in [-0.1, -0.05) is 11.6 Å². The number of benzene rings is 2. The van der Waals surface area contributed by atoms with Gasteiger partial charge in [-0.05, 0) is 61.2 Å². The van der Waals surface area contributed by atoms with Crippen LogP contribution in [0.4, 0.5) is 28.0 Å². The summed E-state index contributed by atoms with van der Waals surface area (Å²) in [6.07, 6.45) is -4.42. The van der Waals surface area contributed by atoms with E-state index in [1.807, 2.05) is 0 Å². The molecule has 2 saturated heterocycles. The first-order valence-corrected chi connectivity index (χ1v) is 13.7. The van der Waals surface area contributed by atoms with Gasteiger partial charge in [0, 0.05) is 11.5 Å². The summed E-state index contributed by atoms with van der Waals surface area (Å²) in [4.78, 5) is 62.6. The highest BCUT2D eigenvalue weighted by Crippen LogP contribution is 2.66. The number of hydrogen-bond acceptors (Lipinski definition) is 7. The smallest absolute Gasteiger partial charge is 0.508 e. The third-order valence-electron chi connectivity index (χ3n) is 8.66. The minimum atomic E-state index is -5.15. The van der Waals surface area contributed by atoms with Gasteiger partial charge in [0.25, 0.3) is 11.8 Å². The van der Waals surface area contributed by atoms with Crippen LogP contribution in [0.3, 0.4) is 0 Å². The lowest BCUT2D eigenvalue weighted by Crippen LogP contribution is -2.60. The number of primary amides is 1. The minimum absolute atomic E-state index is 0.117. The van der Waals surface area contributed by atoms with Crippen molar-refractivity contribution in [2.45, 2.75) is 34.9 Å². The monoisotopic (exact) mass is 655 g/mol. The number of hydrogen-bond donors (Lipinski definition) is 2. The number of alkyl halides is 5. The average Bonchev–Trinajstić information content (AvgIpc) is 3.28. The Morgan fingerprint density at radius 2 is 1.66 bits per heavy atom. The van der Waals surface area contributed by atoms with Gasteiger partial charge < -0.3 is 15.6 Å². The SMILES string of the molecule is NC(=O)N1C(=O)[C@H]2[C@H](CC=C3[C@H]2C[C@@]2(Cl)C(=O)N(c4ccc(F)cc4)C(=O)[C@@]2(Cl)[C@H]3c2cc(OC(F)(F)F)ccc2O)C1=O. The number of likely N-dealkylation sites (tertiary alicyclic amines) is 1. The van der Waals surface area contributed by atoms with Crippen LogP contribution >= 0.6 is 23.2 Å². The first-order chi connectivity index (χ1) is 20.5. The molecule has 230 valence electrons. The maximum Gasteiger partial charge on any atom is 0.573 e. The molecule has 16 heteroatoms. The molecule has 6 rings (SSSR count). The second-order valence-electron chi connectivity index (χ2n) is 10.9. The molecule has 2 aromatic carbocycles. The second kappa shape index (κ2) is 9.66. The number of nitrogens with two attached hydrogens (primary N) is 1. The van der Waals surface area contributed by atoms with Gasteiger partial charge in [-0.3, -0.25) is 19.2 Å². The Balaban J connectivity index is 1.58. The second-order valence-corrected chi connectivity index (χ2v) is 12.1. The Kier molecular flexibility index (Phi) is 6.56. The normalized spacial score (nSPS) is 31.5. The highest BCUT2D eigenvalue weighted by molar-refractivity contribution is 6.58. The lowest BCUT2D eigenvalue weighted by Gasteiger charge is -2.50. The third-order valence-corrected chi connectivity index (χ3v) is 10.1. The Bertz CT molecular complexity index is 1700. The zero-order valence-electron chi connectivity index (χ0n) is 22.0. The predicted octanol–water partition coefficient (Wildman–Crippen LogP) is 4.07. The molecule has 44 heavy (non-hydrogen) atoms. The number of anilines is 1. The average molecular weight is 656 g/mol. The number of ether oxygens (including phenoxy) is 1. The molecule has 3 N–H and O–H groups in total. The molecule has 0 radical (unpaired) electrons. The van der Waals surface area contributed by atoms with Crippen molar-refractivity contribution in [1.82, 2.24) is 4.90 Å². The van der Waals surface area contributed by atoms with Crippen molar-refractivity contribution in [2.75, 3.05) is 4.90 Å². The number of phenolic OH excluding ortho intramolecular Hbond substituents is 1. The molecule has 4 aliphatic rings. The Labute approximate surface area is 254 Å². The van der Waals surface area contributed by atoms with Gasteiger partial charge in [0.1, 0.15) is 17.3 Å². The quantitative estimate of drug-likeness (QED) is 0.219. The van der Waals surface area contributed by atoms with Crippen molar-refractivity contribution < 1.29 is 51.4 Å². The van der Waals surface area contributed by atoms with Crippen LogP contribution in [0.1, 0.15) is 24.3 Å². The fourth-order valence-electron chi connectivity index (χ4n) is 6.92. The van der Waals surface area contributed by atoms with E-state index >= 15 is 0 Å². The van der Waals surface area contributed by atoms with Crippen LogP contribution < -0.4 is 15.4 Å². The van der Waals surface area contributed by atoms with Crippen molar-refractivity contribution in [3.8, 4) is 11.5 Å². The molecule has 3 fully saturated rings. The van der Waals surface area contributed by atoms with Crippen molar-refractivity contribution >= 4 is 58.5 Å². The number of allylic oxidation sites excluding steroid dienone is 2. The summed E-state index contributed by atoms with van der Waals surface area (Å²) in [5, 5.41) is 10.9. The van der Waals surface area contributed by atoms with Crippen molar-refractivity contribution in [2.24, 2.45) is 23.5 Å². The number of imide groups is 4. The van der Waals surface area contributed by atoms with Crippen molar-refractivity contribution in [1.29, 1.82) is 0 Å².